The van der Waals surface area contributed by atoms with Gasteiger partial charge < -0.3 is 0 Å². The van der Waals surface area contributed by atoms with Crippen LogP contribution in [0.4, 0.5) is 0 Å². The van der Waals surface area contributed by atoms with E-state index in [-0.39, 0.29) is 1.65 Å². The minimum absolute atomic E-state index is 0.0747. The maximum atomic E-state index is 5.37. The van der Waals surface area contributed by atoms with E-state index >= 15 is 0 Å². The van der Waals surface area contributed by atoms with Gasteiger partial charge in [-0.2, -0.15) is 0 Å². The molecule has 0 unspecified atom stereocenters. The molecule has 46 valence electrons. The van der Waals surface area contributed by atoms with Crippen molar-refractivity contribution in [2.75, 3.05) is 11.5 Å². The zero-order chi connectivity index (χ0) is 6.04. The van der Waals surface area contributed by atoms with Crippen molar-refractivity contribution in [2.45, 2.75) is 8.07 Å². The molecule has 0 nitrogen and oxygen atoms in total. The Morgan fingerprint density at radius 2 is 1.88 bits per heavy atom. The maximum absolute atomic E-state index is 5.37. The van der Waals surface area contributed by atoms with Crippen LogP contribution in [0.5, 0.6) is 0 Å². The molecule has 0 bridgehead atoms. The molecule has 0 atom stereocenters. The molecule has 1 rings (SSSR count). The molecule has 0 aromatic heterocycles. The van der Waals surface area contributed by atoms with Crippen molar-refractivity contribution in [1.82, 2.24) is 0 Å². The van der Waals surface area contributed by atoms with Crippen LogP contribution >= 0.6 is 23.5 Å². The second-order valence-electron chi connectivity index (χ2n) is 1.82. The van der Waals surface area contributed by atoms with Crippen LogP contribution in [-0.4, -0.2) is 30.9 Å². The van der Waals surface area contributed by atoms with Gasteiger partial charge in [0.05, 0.1) is 0 Å². The molecule has 1 heterocycles. The third-order valence-corrected chi connectivity index (χ3v) is 4.48. The van der Waals surface area contributed by atoms with Gasteiger partial charge in [0.25, 0.3) is 0 Å². The van der Waals surface area contributed by atoms with Gasteiger partial charge in [0.15, 0.2) is 0 Å². The molecule has 0 spiro atoms. The van der Waals surface area contributed by atoms with Gasteiger partial charge in [-0.1, -0.05) is 0 Å². The van der Waals surface area contributed by atoms with E-state index in [4.69, 9.17) is 16.0 Å². The van der Waals surface area contributed by atoms with Gasteiger partial charge in [0, 0.05) is 0 Å². The molecule has 0 amide bonds. The molecule has 0 aromatic carbocycles. The van der Waals surface area contributed by atoms with Crippen molar-refractivity contribution in [3.8, 4) is 0 Å². The topological polar surface area (TPSA) is 0 Å². The summed E-state index contributed by atoms with van der Waals surface area (Å²) in [7, 11) is 0. The summed E-state index contributed by atoms with van der Waals surface area (Å²) < 4.78 is 0.0747. The first-order chi connectivity index (χ1) is 3.71. The summed E-state index contributed by atoms with van der Waals surface area (Å²) in [4.78, 5) is 0. The van der Waals surface area contributed by atoms with Crippen molar-refractivity contribution >= 4 is 41.2 Å². The average molecular weight is 189 g/mol. The van der Waals surface area contributed by atoms with Crippen molar-refractivity contribution < 1.29 is 16.0 Å². The first kappa shape index (κ1) is 7.92. The molecule has 0 saturated carbocycles. The molecule has 8 heavy (non-hydrogen) atoms. The fraction of sp³-hybridized carbons (Fsp3) is 1.00. The van der Waals surface area contributed by atoms with E-state index in [1.165, 1.54) is 17.9 Å². The van der Waals surface area contributed by atoms with Crippen molar-refractivity contribution in [2.24, 2.45) is 0 Å². The van der Waals surface area contributed by atoms with Gasteiger partial charge in [-0.3, -0.25) is 0 Å². The Kier molecular flexibility index (Phi) is 3.25. The molecule has 0 N–H and O–H groups in total. The normalized spacial score (nSPS) is 28.0. The molecule has 1 fully saturated rings. The summed E-state index contributed by atoms with van der Waals surface area (Å²) >= 11 is 11.3. The fourth-order valence-corrected chi connectivity index (χ4v) is 3.46. The second-order valence-corrected chi connectivity index (χ2v) is 6.56. The van der Waals surface area contributed by atoms with Crippen LogP contribution in [0, 0.1) is 0 Å². The third kappa shape index (κ3) is 2.60. The molecular formula is C4H6CuLiS2. The Hall–Kier alpha value is 1.82. The summed E-state index contributed by atoms with van der Waals surface area (Å²) in [6.07, 6.45) is 1.33. The van der Waals surface area contributed by atoms with Gasteiger partial charge in [0.2, 0.25) is 0 Å². The van der Waals surface area contributed by atoms with E-state index in [2.05, 4.69) is 17.7 Å². The Balaban J connectivity index is 2.33. The predicted octanol–water partition coefficient (Wildman–Crippen LogP) is 1.18. The first-order valence-corrected chi connectivity index (χ1v) is 5.08. The van der Waals surface area contributed by atoms with E-state index < -0.39 is 0 Å². The molecule has 4 heteroatoms. The standard InChI is InChI=1S/C4H6S2.Cu.Li/c1-2-5-4-6-3-1;;/h1-3H2;;. The molecule has 1 aliphatic heterocycles. The molecule has 1 saturated heterocycles. The Morgan fingerprint density at radius 3 is 2.12 bits per heavy atom. The third-order valence-electron chi connectivity index (χ3n) is 0.986. The zero-order valence-corrected chi connectivity index (χ0v) is 7.31. The molecule has 0 aromatic rings. The van der Waals surface area contributed by atoms with E-state index in [0.717, 1.165) is 0 Å². The van der Waals surface area contributed by atoms with Crippen LogP contribution in [0.25, 0.3) is 0 Å². The van der Waals surface area contributed by atoms with E-state index in [1.54, 1.807) is 0 Å². The van der Waals surface area contributed by atoms with Crippen LogP contribution in [-0.2, 0) is 16.0 Å². The molecule has 0 radical (unpaired) electrons. The predicted molar refractivity (Wildman–Crippen MR) is 38.0 cm³/mol. The summed E-state index contributed by atoms with van der Waals surface area (Å²) in [5, 5.41) is 0. The first-order valence-electron chi connectivity index (χ1n) is 2.64. The fourth-order valence-electron chi connectivity index (χ4n) is 0.594. The summed E-state index contributed by atoms with van der Waals surface area (Å²) in [6.45, 7) is 0. The number of hydrogen-bond donors (Lipinski definition) is 0. The Bertz CT molecular complexity index is 78.1. The molecule has 0 aliphatic carbocycles. The molecule has 1 aliphatic rings. The minimum atomic E-state index is 0.0747. The van der Waals surface area contributed by atoms with Crippen molar-refractivity contribution in [3.63, 3.8) is 0 Å². The average Bonchev–Trinajstić information content (AvgIpc) is 1.65. The Labute approximate surface area is 76.3 Å². The summed E-state index contributed by atoms with van der Waals surface area (Å²) in [6, 6.07) is 0. The van der Waals surface area contributed by atoms with Gasteiger partial charge in [0.1, 0.15) is 0 Å². The SMILES string of the molecule is [Li][C]1([Cu])SCCCS1. The molecular weight excluding hydrogens is 183 g/mol. The van der Waals surface area contributed by atoms with E-state index in [0.29, 0.717) is 0 Å². The summed E-state index contributed by atoms with van der Waals surface area (Å²) in [5.74, 6) is 2.50. The van der Waals surface area contributed by atoms with Crippen LogP contribution in [0.3, 0.4) is 0 Å². The van der Waals surface area contributed by atoms with Crippen LogP contribution in [0.2, 0.25) is 0 Å². The summed E-state index contributed by atoms with van der Waals surface area (Å²) in [5.41, 5.74) is 0. The van der Waals surface area contributed by atoms with E-state index in [9.17, 15) is 0 Å². The Morgan fingerprint density at radius 1 is 1.38 bits per heavy atom. The number of hydrogen-bond acceptors (Lipinski definition) is 2. The number of rotatable bonds is 0. The van der Waals surface area contributed by atoms with E-state index in [1.807, 2.05) is 23.5 Å². The zero-order valence-electron chi connectivity index (χ0n) is 4.74. The van der Waals surface area contributed by atoms with Crippen molar-refractivity contribution in [1.29, 1.82) is 0 Å². The van der Waals surface area contributed by atoms with Gasteiger partial charge in [-0.15, -0.1) is 0 Å². The monoisotopic (exact) mass is 188 g/mol. The van der Waals surface area contributed by atoms with Crippen LogP contribution < -0.4 is 0 Å². The van der Waals surface area contributed by atoms with Crippen LogP contribution in [0.1, 0.15) is 6.42 Å². The quantitative estimate of drug-likeness (QED) is 0.524. The van der Waals surface area contributed by atoms with Crippen LogP contribution in [0.15, 0.2) is 0 Å². The van der Waals surface area contributed by atoms with Crippen molar-refractivity contribution in [3.05, 3.63) is 0 Å². The number of thioether (sulfide) groups is 2. The van der Waals surface area contributed by atoms with Gasteiger partial charge in [-0.25, -0.2) is 0 Å². The van der Waals surface area contributed by atoms with Gasteiger partial charge >= 0.3 is 76.8 Å². The second kappa shape index (κ2) is 3.28. The van der Waals surface area contributed by atoms with Gasteiger partial charge in [-0.05, 0) is 0 Å².